The molecule has 108 valence electrons. The molecule has 0 saturated heterocycles. The molecule has 2 aromatic carbocycles. The van der Waals surface area contributed by atoms with E-state index in [1.165, 1.54) is 0 Å². The zero-order valence-corrected chi connectivity index (χ0v) is 12.1. The Hall–Kier alpha value is -2.49. The van der Waals surface area contributed by atoms with Gasteiger partial charge in [0.05, 0.1) is 5.69 Å². The summed E-state index contributed by atoms with van der Waals surface area (Å²) in [4.78, 5) is 14.6. The van der Waals surface area contributed by atoms with Crippen LogP contribution >= 0.6 is 0 Å². The minimum absolute atomic E-state index is 0.0102. The summed E-state index contributed by atoms with van der Waals surface area (Å²) in [6.45, 7) is 3.95. The molecule has 2 aromatic rings. The van der Waals surface area contributed by atoms with Gasteiger partial charge < -0.3 is 15.4 Å². The molecule has 1 aliphatic heterocycles. The average molecular weight is 282 g/mol. The first-order valence-corrected chi connectivity index (χ1v) is 7.02. The van der Waals surface area contributed by atoms with Gasteiger partial charge in [-0.1, -0.05) is 36.4 Å². The van der Waals surface area contributed by atoms with Crippen molar-refractivity contribution >= 4 is 17.3 Å². The zero-order chi connectivity index (χ0) is 15.0. The van der Waals surface area contributed by atoms with Crippen LogP contribution < -0.4 is 15.4 Å². The fraction of sp³-hybridized carbons (Fsp3) is 0.235. The van der Waals surface area contributed by atoms with E-state index < -0.39 is 6.10 Å². The van der Waals surface area contributed by atoms with Crippen molar-refractivity contribution in [1.82, 2.24) is 0 Å². The molecule has 0 saturated carbocycles. The lowest BCUT2D eigenvalue weighted by molar-refractivity contribution is -0.127. The molecule has 1 aliphatic rings. The van der Waals surface area contributed by atoms with E-state index in [-0.39, 0.29) is 11.9 Å². The summed E-state index contributed by atoms with van der Waals surface area (Å²) in [6.07, 6.45) is -0.622. The number of ether oxygens (including phenoxy) is 1. The molecule has 1 amide bonds. The SMILES string of the molecule is CC(C)N1C(=O)C(c2ccccc2)Oc2cccc(N)c21. The van der Waals surface area contributed by atoms with Gasteiger partial charge in [0.15, 0.2) is 0 Å². The number of fused-ring (bicyclic) bond motifs is 1. The maximum Gasteiger partial charge on any atom is 0.273 e. The molecule has 0 aromatic heterocycles. The number of para-hydroxylation sites is 1. The van der Waals surface area contributed by atoms with Crippen molar-refractivity contribution in [2.45, 2.75) is 26.0 Å². The molecule has 1 unspecified atom stereocenters. The van der Waals surface area contributed by atoms with Gasteiger partial charge in [-0.2, -0.15) is 0 Å². The van der Waals surface area contributed by atoms with Crippen LogP contribution in [0.15, 0.2) is 48.5 Å². The summed E-state index contributed by atoms with van der Waals surface area (Å²) in [7, 11) is 0. The maximum absolute atomic E-state index is 12.8. The molecule has 21 heavy (non-hydrogen) atoms. The number of carbonyl (C=O) groups excluding carboxylic acids is 1. The third-order valence-corrected chi connectivity index (χ3v) is 3.60. The summed E-state index contributed by atoms with van der Waals surface area (Å²) < 4.78 is 5.92. The highest BCUT2D eigenvalue weighted by Crippen LogP contribution is 2.43. The number of hydrogen-bond acceptors (Lipinski definition) is 3. The number of rotatable bonds is 2. The Bertz CT molecular complexity index is 668. The molecule has 0 spiro atoms. The maximum atomic E-state index is 12.8. The van der Waals surface area contributed by atoms with E-state index in [0.29, 0.717) is 17.1 Å². The van der Waals surface area contributed by atoms with Gasteiger partial charge in [0, 0.05) is 11.6 Å². The van der Waals surface area contributed by atoms with Crippen molar-refractivity contribution in [3.8, 4) is 5.75 Å². The van der Waals surface area contributed by atoms with E-state index in [1.54, 1.807) is 11.0 Å². The Morgan fingerprint density at radius 1 is 1.10 bits per heavy atom. The molecule has 0 fully saturated rings. The lowest BCUT2D eigenvalue weighted by atomic mass is 10.0. The van der Waals surface area contributed by atoms with Crippen LogP contribution in [0.2, 0.25) is 0 Å². The smallest absolute Gasteiger partial charge is 0.273 e. The topological polar surface area (TPSA) is 55.6 Å². The summed E-state index contributed by atoms with van der Waals surface area (Å²) in [5.41, 5.74) is 8.12. The largest absolute Gasteiger partial charge is 0.474 e. The molecular weight excluding hydrogens is 264 g/mol. The van der Waals surface area contributed by atoms with Crippen LogP contribution in [0.1, 0.15) is 25.5 Å². The second-order valence-corrected chi connectivity index (χ2v) is 5.40. The number of nitrogens with two attached hydrogens (primary N) is 1. The van der Waals surface area contributed by atoms with Crippen molar-refractivity contribution in [3.63, 3.8) is 0 Å². The third-order valence-electron chi connectivity index (χ3n) is 3.60. The van der Waals surface area contributed by atoms with E-state index in [2.05, 4.69) is 0 Å². The van der Waals surface area contributed by atoms with Gasteiger partial charge >= 0.3 is 0 Å². The number of benzene rings is 2. The fourth-order valence-corrected chi connectivity index (χ4v) is 2.66. The van der Waals surface area contributed by atoms with Crippen molar-refractivity contribution in [2.75, 3.05) is 10.6 Å². The Kier molecular flexibility index (Phi) is 3.29. The van der Waals surface area contributed by atoms with Crippen LogP contribution in [0, 0.1) is 0 Å². The summed E-state index contributed by atoms with van der Waals surface area (Å²) in [6, 6.07) is 15.0. The van der Waals surface area contributed by atoms with Gasteiger partial charge in [-0.3, -0.25) is 4.79 Å². The third kappa shape index (κ3) is 2.23. The van der Waals surface area contributed by atoms with Crippen molar-refractivity contribution in [1.29, 1.82) is 0 Å². The Morgan fingerprint density at radius 2 is 1.81 bits per heavy atom. The molecule has 2 N–H and O–H groups in total. The Morgan fingerprint density at radius 3 is 2.48 bits per heavy atom. The van der Waals surface area contributed by atoms with Crippen LogP contribution in [0.5, 0.6) is 5.75 Å². The van der Waals surface area contributed by atoms with Gasteiger partial charge in [-0.05, 0) is 26.0 Å². The van der Waals surface area contributed by atoms with E-state index >= 15 is 0 Å². The molecule has 4 heteroatoms. The predicted octanol–water partition coefficient (Wildman–Crippen LogP) is 3.14. The summed E-state index contributed by atoms with van der Waals surface area (Å²) >= 11 is 0. The molecule has 1 heterocycles. The number of amides is 1. The Labute approximate surface area is 124 Å². The lowest BCUT2D eigenvalue weighted by Gasteiger charge is -2.37. The van der Waals surface area contributed by atoms with Crippen molar-refractivity contribution in [2.24, 2.45) is 0 Å². The summed E-state index contributed by atoms with van der Waals surface area (Å²) in [5.74, 6) is 0.568. The fourth-order valence-electron chi connectivity index (χ4n) is 2.66. The molecule has 1 atom stereocenters. The highest BCUT2D eigenvalue weighted by Gasteiger charge is 2.37. The number of hydrogen-bond donors (Lipinski definition) is 1. The van der Waals surface area contributed by atoms with Crippen LogP contribution in [0.4, 0.5) is 11.4 Å². The number of anilines is 2. The standard InChI is InChI=1S/C17H18N2O2/c1-11(2)19-15-13(18)9-6-10-14(15)21-16(17(19)20)12-7-4-3-5-8-12/h3-11,16H,18H2,1-2H3. The quantitative estimate of drug-likeness (QED) is 0.861. The number of nitrogen functional groups attached to an aromatic ring is 1. The first kappa shape index (κ1) is 13.5. The zero-order valence-electron chi connectivity index (χ0n) is 12.1. The van der Waals surface area contributed by atoms with Gasteiger partial charge in [0.1, 0.15) is 11.4 Å². The highest BCUT2D eigenvalue weighted by molar-refractivity contribution is 6.03. The van der Waals surface area contributed by atoms with Crippen LogP contribution in [-0.4, -0.2) is 11.9 Å². The molecule has 3 rings (SSSR count). The Balaban J connectivity index is 2.12. The minimum atomic E-state index is -0.622. The first-order chi connectivity index (χ1) is 10.1. The van der Waals surface area contributed by atoms with E-state index in [0.717, 1.165) is 5.56 Å². The molecule has 0 aliphatic carbocycles. The second-order valence-electron chi connectivity index (χ2n) is 5.40. The van der Waals surface area contributed by atoms with Gasteiger partial charge in [0.25, 0.3) is 5.91 Å². The van der Waals surface area contributed by atoms with Crippen molar-refractivity contribution in [3.05, 3.63) is 54.1 Å². The number of nitrogens with zero attached hydrogens (tertiary/aromatic N) is 1. The van der Waals surface area contributed by atoms with E-state index in [1.807, 2.05) is 56.3 Å². The van der Waals surface area contributed by atoms with Gasteiger partial charge in [-0.15, -0.1) is 0 Å². The van der Waals surface area contributed by atoms with Crippen LogP contribution in [0.3, 0.4) is 0 Å². The second kappa shape index (κ2) is 5.13. The highest BCUT2D eigenvalue weighted by atomic mass is 16.5. The predicted molar refractivity (Wildman–Crippen MR) is 83.3 cm³/mol. The van der Waals surface area contributed by atoms with Gasteiger partial charge in [0.2, 0.25) is 6.10 Å². The molecule has 0 bridgehead atoms. The molecule has 4 nitrogen and oxygen atoms in total. The first-order valence-electron chi connectivity index (χ1n) is 7.02. The normalized spacial score (nSPS) is 17.6. The van der Waals surface area contributed by atoms with Gasteiger partial charge in [-0.25, -0.2) is 0 Å². The minimum Gasteiger partial charge on any atom is -0.474 e. The summed E-state index contributed by atoms with van der Waals surface area (Å²) in [5, 5.41) is 0. The average Bonchev–Trinajstić information content (AvgIpc) is 2.48. The van der Waals surface area contributed by atoms with Crippen LogP contribution in [-0.2, 0) is 4.79 Å². The van der Waals surface area contributed by atoms with E-state index in [9.17, 15) is 4.79 Å². The monoisotopic (exact) mass is 282 g/mol. The lowest BCUT2D eigenvalue weighted by Crippen LogP contribution is -2.45. The molecule has 0 radical (unpaired) electrons. The van der Waals surface area contributed by atoms with Crippen molar-refractivity contribution < 1.29 is 9.53 Å². The number of carbonyl (C=O) groups is 1. The van der Waals surface area contributed by atoms with Crippen LogP contribution in [0.25, 0.3) is 0 Å². The van der Waals surface area contributed by atoms with E-state index in [4.69, 9.17) is 10.5 Å². The molecular formula is C17H18N2O2.